The fourth-order valence-electron chi connectivity index (χ4n) is 3.29. The second kappa shape index (κ2) is 8.55. The van der Waals surface area contributed by atoms with Crippen molar-refractivity contribution in [3.63, 3.8) is 0 Å². The van der Waals surface area contributed by atoms with Gasteiger partial charge in [0.2, 0.25) is 0 Å². The minimum atomic E-state index is 0.527. The Labute approximate surface area is 130 Å². The molecule has 1 heterocycles. The second-order valence-corrected chi connectivity index (χ2v) is 6.76. The number of benzene rings is 1. The van der Waals surface area contributed by atoms with Crippen molar-refractivity contribution in [3.8, 4) is 0 Å². The maximum atomic E-state index is 3.85. The average Bonchev–Trinajstić information content (AvgIpc) is 2.97. The zero-order chi connectivity index (χ0) is 15.1. The molecular weight excluding hydrogens is 256 g/mol. The van der Waals surface area contributed by atoms with Crippen molar-refractivity contribution in [3.05, 3.63) is 35.9 Å². The summed E-state index contributed by atoms with van der Waals surface area (Å²) in [5, 5.41) is 3.85. The third-order valence-electron chi connectivity index (χ3n) is 4.75. The van der Waals surface area contributed by atoms with Gasteiger partial charge in [0.25, 0.3) is 0 Å². The first kappa shape index (κ1) is 16.5. The lowest BCUT2D eigenvalue weighted by Crippen LogP contribution is -2.32. The van der Waals surface area contributed by atoms with Gasteiger partial charge in [0, 0.05) is 18.6 Å². The zero-order valence-corrected chi connectivity index (χ0v) is 14.0. The Hall–Kier alpha value is -0.860. The lowest BCUT2D eigenvalue weighted by Gasteiger charge is -2.23. The summed E-state index contributed by atoms with van der Waals surface area (Å²) in [5.41, 5.74) is 1.45. The predicted octanol–water partition coefficient (Wildman–Crippen LogP) is 4.24. The summed E-state index contributed by atoms with van der Waals surface area (Å²) in [7, 11) is 0. The summed E-state index contributed by atoms with van der Waals surface area (Å²) in [6.45, 7) is 10.6. The quantitative estimate of drug-likeness (QED) is 0.770. The van der Waals surface area contributed by atoms with Crippen LogP contribution in [-0.4, -0.2) is 30.6 Å². The molecule has 1 N–H and O–H groups in total. The van der Waals surface area contributed by atoms with Crippen molar-refractivity contribution >= 4 is 0 Å². The van der Waals surface area contributed by atoms with Gasteiger partial charge in [-0.25, -0.2) is 0 Å². The Morgan fingerprint density at radius 3 is 2.62 bits per heavy atom. The Bertz CT molecular complexity index is 388. The van der Waals surface area contributed by atoms with E-state index >= 15 is 0 Å². The highest BCUT2D eigenvalue weighted by atomic mass is 15.2. The Kier molecular flexibility index (Phi) is 6.72. The van der Waals surface area contributed by atoms with Crippen molar-refractivity contribution in [1.29, 1.82) is 0 Å². The minimum absolute atomic E-state index is 0.527. The summed E-state index contributed by atoms with van der Waals surface area (Å²) in [6, 6.07) is 12.2. The predicted molar refractivity (Wildman–Crippen MR) is 91.5 cm³/mol. The molecule has 0 bridgehead atoms. The van der Waals surface area contributed by atoms with Crippen molar-refractivity contribution in [2.75, 3.05) is 19.6 Å². The van der Waals surface area contributed by atoms with Crippen molar-refractivity contribution < 1.29 is 0 Å². The van der Waals surface area contributed by atoms with E-state index in [-0.39, 0.29) is 0 Å². The van der Waals surface area contributed by atoms with Gasteiger partial charge in [-0.15, -0.1) is 0 Å². The first-order valence-electron chi connectivity index (χ1n) is 8.73. The smallest absolute Gasteiger partial charge is 0.0320 e. The largest absolute Gasteiger partial charge is 0.310 e. The molecule has 0 radical (unpaired) electrons. The number of nitrogens with zero attached hydrogens (tertiary/aromatic N) is 1. The Balaban J connectivity index is 1.85. The third kappa shape index (κ3) is 5.12. The Morgan fingerprint density at radius 2 is 2.00 bits per heavy atom. The van der Waals surface area contributed by atoms with Crippen LogP contribution >= 0.6 is 0 Å². The van der Waals surface area contributed by atoms with Gasteiger partial charge in [0.1, 0.15) is 0 Å². The monoisotopic (exact) mass is 288 g/mol. The Morgan fingerprint density at radius 1 is 1.24 bits per heavy atom. The van der Waals surface area contributed by atoms with Gasteiger partial charge in [0.05, 0.1) is 0 Å². The lowest BCUT2D eigenvalue weighted by atomic mass is 10.00. The normalized spacial score (nSPS) is 21.0. The van der Waals surface area contributed by atoms with Crippen LogP contribution in [0.5, 0.6) is 0 Å². The van der Waals surface area contributed by atoms with E-state index < -0.39 is 0 Å². The molecule has 1 aliphatic heterocycles. The van der Waals surface area contributed by atoms with E-state index in [4.69, 9.17) is 0 Å². The molecule has 0 spiro atoms. The molecule has 0 aliphatic carbocycles. The molecule has 2 unspecified atom stereocenters. The molecular formula is C19H32N2. The number of rotatable bonds is 8. The highest BCUT2D eigenvalue weighted by Crippen LogP contribution is 2.22. The highest BCUT2D eigenvalue weighted by Gasteiger charge is 2.24. The highest BCUT2D eigenvalue weighted by molar-refractivity contribution is 5.18. The topological polar surface area (TPSA) is 15.3 Å². The number of nitrogens with one attached hydrogen (secondary N) is 1. The molecule has 2 nitrogen and oxygen atoms in total. The molecule has 2 rings (SSSR count). The molecule has 2 heteroatoms. The van der Waals surface area contributed by atoms with Gasteiger partial charge in [-0.2, -0.15) is 0 Å². The number of hydrogen-bond donors (Lipinski definition) is 1. The van der Waals surface area contributed by atoms with Crippen LogP contribution in [-0.2, 0) is 0 Å². The molecule has 1 aliphatic rings. The van der Waals surface area contributed by atoms with Crippen molar-refractivity contribution in [2.24, 2.45) is 5.92 Å². The molecule has 1 aromatic rings. The van der Waals surface area contributed by atoms with Gasteiger partial charge >= 0.3 is 0 Å². The molecule has 0 aromatic heterocycles. The number of hydrogen-bond acceptors (Lipinski definition) is 2. The molecule has 1 aromatic carbocycles. The van der Waals surface area contributed by atoms with Crippen LogP contribution in [0.25, 0.3) is 0 Å². The van der Waals surface area contributed by atoms with Crippen LogP contribution in [0.4, 0.5) is 0 Å². The molecule has 0 saturated carbocycles. The van der Waals surface area contributed by atoms with Crippen LogP contribution in [0.15, 0.2) is 30.3 Å². The summed E-state index contributed by atoms with van der Waals surface area (Å²) >= 11 is 0. The van der Waals surface area contributed by atoms with Gasteiger partial charge in [-0.1, -0.05) is 50.1 Å². The third-order valence-corrected chi connectivity index (χ3v) is 4.75. The summed E-state index contributed by atoms with van der Waals surface area (Å²) < 4.78 is 0. The van der Waals surface area contributed by atoms with Crippen molar-refractivity contribution in [2.45, 2.75) is 58.5 Å². The van der Waals surface area contributed by atoms with E-state index in [9.17, 15) is 0 Å². The molecule has 0 amide bonds. The lowest BCUT2D eigenvalue weighted by molar-refractivity contribution is 0.262. The van der Waals surface area contributed by atoms with Crippen LogP contribution in [0.3, 0.4) is 0 Å². The molecule has 1 fully saturated rings. The molecule has 1 saturated heterocycles. The maximum Gasteiger partial charge on any atom is 0.0320 e. The molecule has 2 atom stereocenters. The summed E-state index contributed by atoms with van der Waals surface area (Å²) in [4.78, 5) is 2.61. The summed E-state index contributed by atoms with van der Waals surface area (Å²) in [5.74, 6) is 0.820. The molecule has 21 heavy (non-hydrogen) atoms. The van der Waals surface area contributed by atoms with Gasteiger partial charge < -0.3 is 10.2 Å². The standard InChI is InChI=1S/C19H32N2/c1-4-5-11-19(18-9-7-6-8-10-18)20-14-17-12-13-21(15-17)16(2)3/h6-10,16-17,19-20H,4-5,11-15H2,1-3H3. The average molecular weight is 288 g/mol. The van der Waals surface area contributed by atoms with Crippen LogP contribution in [0.1, 0.15) is 58.1 Å². The molecule has 118 valence electrons. The van der Waals surface area contributed by atoms with Crippen LogP contribution in [0.2, 0.25) is 0 Å². The minimum Gasteiger partial charge on any atom is -0.310 e. The van der Waals surface area contributed by atoms with E-state index in [2.05, 4.69) is 61.3 Å². The fraction of sp³-hybridized carbons (Fsp3) is 0.684. The first-order valence-corrected chi connectivity index (χ1v) is 8.73. The van der Waals surface area contributed by atoms with E-state index in [1.807, 2.05) is 0 Å². The maximum absolute atomic E-state index is 3.85. The number of likely N-dealkylation sites (tertiary alicyclic amines) is 1. The first-order chi connectivity index (χ1) is 10.2. The van der Waals surface area contributed by atoms with Gasteiger partial charge in [-0.05, 0) is 51.3 Å². The zero-order valence-electron chi connectivity index (χ0n) is 14.0. The van der Waals surface area contributed by atoms with E-state index in [0.717, 1.165) is 12.5 Å². The van der Waals surface area contributed by atoms with Crippen molar-refractivity contribution in [1.82, 2.24) is 10.2 Å². The fourth-order valence-corrected chi connectivity index (χ4v) is 3.29. The van der Waals surface area contributed by atoms with E-state index in [1.54, 1.807) is 0 Å². The summed E-state index contributed by atoms with van der Waals surface area (Å²) in [6.07, 6.45) is 5.17. The van der Waals surface area contributed by atoms with Gasteiger partial charge in [0.15, 0.2) is 0 Å². The van der Waals surface area contributed by atoms with Gasteiger partial charge in [-0.3, -0.25) is 0 Å². The number of unbranched alkanes of at least 4 members (excludes halogenated alkanes) is 1. The SMILES string of the molecule is CCCCC(NCC1CCN(C(C)C)C1)c1ccccc1. The van der Waals surface area contributed by atoms with E-state index in [0.29, 0.717) is 12.1 Å². The van der Waals surface area contributed by atoms with Crippen LogP contribution in [0, 0.1) is 5.92 Å². The second-order valence-electron chi connectivity index (χ2n) is 6.76. The van der Waals surface area contributed by atoms with Crippen LogP contribution < -0.4 is 5.32 Å². The van der Waals surface area contributed by atoms with E-state index in [1.165, 1.54) is 44.3 Å².